The Labute approximate surface area is 206 Å². The maximum absolute atomic E-state index is 13.8. The maximum Gasteiger partial charge on any atom is 0.255 e. The highest BCUT2D eigenvalue weighted by molar-refractivity contribution is 6.24. The van der Waals surface area contributed by atoms with E-state index in [9.17, 15) is 45.0 Å². The van der Waals surface area contributed by atoms with Crippen LogP contribution in [0.5, 0.6) is 5.75 Å². The number of amides is 1. The Morgan fingerprint density at radius 2 is 1.67 bits per heavy atom. The molecule has 36 heavy (non-hydrogen) atoms. The zero-order chi connectivity index (χ0) is 27.2. The van der Waals surface area contributed by atoms with Crippen molar-refractivity contribution in [3.63, 3.8) is 0 Å². The van der Waals surface area contributed by atoms with Gasteiger partial charge in [0.05, 0.1) is 29.7 Å². The standard InChI is InChI=1S/C25H30N2O9/c1-24(2,3)9-7-6-8-10(17(9)29)18(30)12-11(16(8)28)19(31)14-15(27(4)5)20(32)13(23(26)35)22(34)25(14,36)21(12)33/h6-7,11,14-16,19,28-31,34,36H,1-5H3,(H2,26,35). The number of hydrogen-bond donors (Lipinski definition) is 7. The molecule has 0 spiro atoms. The number of aliphatic hydroxyl groups is 5. The number of aromatic hydroxyl groups is 1. The highest BCUT2D eigenvalue weighted by Gasteiger charge is 2.68. The molecule has 8 N–H and O–H groups in total. The number of ketones is 2. The molecule has 1 saturated carbocycles. The summed E-state index contributed by atoms with van der Waals surface area (Å²) in [4.78, 5) is 40.2. The van der Waals surface area contributed by atoms with Crippen LogP contribution in [0.3, 0.4) is 0 Å². The van der Waals surface area contributed by atoms with E-state index in [1.807, 2.05) is 0 Å². The molecule has 0 aliphatic heterocycles. The van der Waals surface area contributed by atoms with Crippen LogP contribution in [0.2, 0.25) is 0 Å². The van der Waals surface area contributed by atoms with Crippen LogP contribution >= 0.6 is 0 Å². The average Bonchev–Trinajstić information content (AvgIpc) is 2.75. The molecule has 11 nitrogen and oxygen atoms in total. The highest BCUT2D eigenvalue weighted by Crippen LogP contribution is 2.56. The zero-order valence-corrected chi connectivity index (χ0v) is 20.5. The quantitative estimate of drug-likeness (QED) is 0.264. The van der Waals surface area contributed by atoms with E-state index in [0.29, 0.717) is 5.56 Å². The number of hydrogen-bond acceptors (Lipinski definition) is 10. The summed E-state index contributed by atoms with van der Waals surface area (Å²) in [6, 6.07) is 1.54. The molecule has 0 bridgehead atoms. The van der Waals surface area contributed by atoms with E-state index in [0.717, 1.165) is 0 Å². The number of rotatable bonds is 2. The summed E-state index contributed by atoms with van der Waals surface area (Å²) in [6.45, 7) is 5.41. The molecule has 11 heteroatoms. The van der Waals surface area contributed by atoms with Gasteiger partial charge in [-0.25, -0.2) is 0 Å². The number of Topliss-reactive ketones (excluding diaryl/α,β-unsaturated/α-hetero) is 2. The molecular formula is C25H30N2O9. The van der Waals surface area contributed by atoms with Gasteiger partial charge in [-0.2, -0.15) is 0 Å². The van der Waals surface area contributed by atoms with Crippen molar-refractivity contribution in [3.05, 3.63) is 45.7 Å². The van der Waals surface area contributed by atoms with Crippen molar-refractivity contribution in [1.29, 1.82) is 0 Å². The molecule has 1 fully saturated rings. The fraction of sp³-hybridized carbons (Fsp3) is 0.480. The van der Waals surface area contributed by atoms with Gasteiger partial charge in [-0.3, -0.25) is 19.3 Å². The fourth-order valence-corrected chi connectivity index (χ4v) is 5.89. The third-order valence-corrected chi connectivity index (χ3v) is 7.57. The number of nitrogens with two attached hydrogens (primary N) is 1. The zero-order valence-electron chi connectivity index (χ0n) is 20.5. The molecule has 0 aromatic heterocycles. The van der Waals surface area contributed by atoms with Gasteiger partial charge in [0.25, 0.3) is 5.91 Å². The van der Waals surface area contributed by atoms with Gasteiger partial charge in [-0.15, -0.1) is 0 Å². The molecule has 194 valence electrons. The molecular weight excluding hydrogens is 472 g/mol. The molecule has 6 unspecified atom stereocenters. The van der Waals surface area contributed by atoms with Crippen LogP contribution in [0, 0.1) is 11.8 Å². The van der Waals surface area contributed by atoms with Crippen molar-refractivity contribution < 1.29 is 45.0 Å². The number of phenols is 1. The predicted octanol–water partition coefficient (Wildman–Crippen LogP) is -0.277. The Hall–Kier alpha value is -3.25. The molecule has 3 aliphatic carbocycles. The van der Waals surface area contributed by atoms with Gasteiger partial charge >= 0.3 is 0 Å². The van der Waals surface area contributed by atoms with Crippen LogP contribution in [0.1, 0.15) is 43.6 Å². The Bertz CT molecular complexity index is 1270. The SMILES string of the molecule is CN(C)C1C(=O)C(C(N)=O)=C(O)C2(O)C(=O)C3=C(O)c4c(ccc(C(C)(C)C)c4O)C(O)C3C(O)C12. The van der Waals surface area contributed by atoms with E-state index in [2.05, 4.69) is 0 Å². The summed E-state index contributed by atoms with van der Waals surface area (Å²) < 4.78 is 0. The first-order valence-corrected chi connectivity index (χ1v) is 11.4. The van der Waals surface area contributed by atoms with Crippen molar-refractivity contribution in [2.75, 3.05) is 14.1 Å². The lowest BCUT2D eigenvalue weighted by Gasteiger charge is -2.53. The number of aliphatic hydroxyl groups excluding tert-OH is 4. The molecule has 0 radical (unpaired) electrons. The maximum atomic E-state index is 13.8. The van der Waals surface area contributed by atoms with E-state index >= 15 is 0 Å². The third-order valence-electron chi connectivity index (χ3n) is 7.57. The van der Waals surface area contributed by atoms with E-state index in [-0.39, 0.29) is 11.1 Å². The number of likely N-dealkylation sites (N-methyl/N-ethyl adjacent to an activating group) is 1. The van der Waals surface area contributed by atoms with E-state index in [1.165, 1.54) is 25.1 Å². The van der Waals surface area contributed by atoms with Gasteiger partial charge in [0, 0.05) is 17.1 Å². The Kier molecular flexibility index (Phi) is 5.65. The lowest BCUT2D eigenvalue weighted by Crippen LogP contribution is -2.70. The molecule has 3 aliphatic rings. The second-order valence-electron chi connectivity index (χ2n) is 10.9. The van der Waals surface area contributed by atoms with Crippen molar-refractivity contribution in [1.82, 2.24) is 4.90 Å². The molecule has 4 rings (SSSR count). The van der Waals surface area contributed by atoms with Gasteiger partial charge in [-0.1, -0.05) is 32.9 Å². The summed E-state index contributed by atoms with van der Waals surface area (Å²) in [7, 11) is 2.81. The summed E-state index contributed by atoms with van der Waals surface area (Å²) in [5, 5.41) is 67.3. The van der Waals surface area contributed by atoms with Gasteiger partial charge in [0.1, 0.15) is 22.8 Å². The molecule has 1 aromatic carbocycles. The van der Waals surface area contributed by atoms with Gasteiger partial charge in [0.2, 0.25) is 5.78 Å². The molecule has 1 aromatic rings. The largest absolute Gasteiger partial charge is 0.508 e. The van der Waals surface area contributed by atoms with Crippen molar-refractivity contribution in [2.45, 2.75) is 50.0 Å². The predicted molar refractivity (Wildman–Crippen MR) is 126 cm³/mol. The lowest BCUT2D eigenvalue weighted by molar-refractivity contribution is -0.174. The lowest BCUT2D eigenvalue weighted by atomic mass is 9.55. The Morgan fingerprint density at radius 3 is 2.17 bits per heavy atom. The van der Waals surface area contributed by atoms with Crippen molar-refractivity contribution in [3.8, 4) is 5.75 Å². The minimum Gasteiger partial charge on any atom is -0.508 e. The second-order valence-corrected chi connectivity index (χ2v) is 10.9. The summed E-state index contributed by atoms with van der Waals surface area (Å²) in [5.74, 6) is -9.51. The first-order chi connectivity index (χ1) is 16.5. The van der Waals surface area contributed by atoms with Gasteiger partial charge in [0.15, 0.2) is 11.4 Å². The number of carbonyl (C=O) groups excluding carboxylic acids is 3. The normalized spacial score (nSPS) is 32.4. The Morgan fingerprint density at radius 1 is 1.08 bits per heavy atom. The highest BCUT2D eigenvalue weighted by atomic mass is 16.4. The number of carbonyl (C=O) groups is 3. The molecule has 1 amide bonds. The molecule has 6 atom stereocenters. The van der Waals surface area contributed by atoms with Gasteiger partial charge < -0.3 is 36.4 Å². The smallest absolute Gasteiger partial charge is 0.255 e. The minimum absolute atomic E-state index is 0.0326. The van der Waals surface area contributed by atoms with E-state index in [4.69, 9.17) is 5.73 Å². The number of primary amides is 1. The number of fused-ring (bicyclic) bond motifs is 3. The van der Waals surface area contributed by atoms with E-state index in [1.54, 1.807) is 26.8 Å². The van der Waals surface area contributed by atoms with Crippen LogP contribution in [0.4, 0.5) is 0 Å². The van der Waals surface area contributed by atoms with Crippen LogP contribution in [0.25, 0.3) is 5.76 Å². The van der Waals surface area contributed by atoms with Crippen LogP contribution in [-0.4, -0.2) is 84.9 Å². The number of nitrogens with zero attached hydrogens (tertiary/aromatic N) is 1. The van der Waals surface area contributed by atoms with Crippen molar-refractivity contribution in [2.24, 2.45) is 17.6 Å². The van der Waals surface area contributed by atoms with Crippen molar-refractivity contribution >= 4 is 23.2 Å². The number of phenolic OH excluding ortho intramolecular Hbond substituents is 1. The molecule has 0 heterocycles. The third kappa shape index (κ3) is 3.10. The van der Waals surface area contributed by atoms with Crippen LogP contribution < -0.4 is 5.73 Å². The Balaban J connectivity index is 2.07. The summed E-state index contributed by atoms with van der Waals surface area (Å²) in [6.07, 6.45) is -3.48. The summed E-state index contributed by atoms with van der Waals surface area (Å²) >= 11 is 0. The van der Waals surface area contributed by atoms with Gasteiger partial charge in [-0.05, 0) is 25.1 Å². The van der Waals surface area contributed by atoms with Crippen LogP contribution in [0.15, 0.2) is 29.0 Å². The number of benzene rings is 1. The molecule has 0 saturated heterocycles. The fourth-order valence-electron chi connectivity index (χ4n) is 5.89. The van der Waals surface area contributed by atoms with E-state index < -0.39 is 87.0 Å². The topological polar surface area (TPSA) is 202 Å². The van der Waals surface area contributed by atoms with Crippen LogP contribution in [-0.2, 0) is 19.8 Å². The minimum atomic E-state index is -3.03. The average molecular weight is 503 g/mol. The first-order valence-electron chi connectivity index (χ1n) is 11.4. The monoisotopic (exact) mass is 502 g/mol. The second kappa shape index (κ2) is 7.87. The summed E-state index contributed by atoms with van der Waals surface area (Å²) in [5.41, 5.74) is 0.190. The first kappa shape index (κ1) is 25.8.